The molecular weight excluding hydrogens is 514 g/mol. The van der Waals surface area contributed by atoms with Crippen LogP contribution in [0.1, 0.15) is 11.3 Å². The maximum Gasteiger partial charge on any atom is 0.264 e. The molecule has 0 aliphatic rings. The first-order valence-electron chi connectivity index (χ1n) is 11.2. The van der Waals surface area contributed by atoms with Gasteiger partial charge in [-0.15, -0.1) is 0 Å². The van der Waals surface area contributed by atoms with E-state index in [4.69, 9.17) is 16.3 Å². The number of anilines is 1. The first-order valence-corrected chi connectivity index (χ1v) is 13.0. The van der Waals surface area contributed by atoms with Gasteiger partial charge in [0.25, 0.3) is 15.9 Å². The highest BCUT2D eigenvalue weighted by Crippen LogP contribution is 2.32. The molecule has 4 rings (SSSR count). The van der Waals surface area contributed by atoms with Gasteiger partial charge in [0.2, 0.25) is 0 Å². The molecular formula is C26H24ClN5O4S. The van der Waals surface area contributed by atoms with Crippen molar-refractivity contribution in [2.75, 3.05) is 18.0 Å². The van der Waals surface area contributed by atoms with E-state index in [1.165, 1.54) is 25.5 Å². The van der Waals surface area contributed by atoms with Crippen molar-refractivity contribution in [3.8, 4) is 11.4 Å². The van der Waals surface area contributed by atoms with Crippen molar-refractivity contribution in [1.82, 2.24) is 15.2 Å². The molecule has 0 bridgehead atoms. The average Bonchev–Trinajstić information content (AvgIpc) is 3.21. The number of benzene rings is 3. The van der Waals surface area contributed by atoms with Crippen LogP contribution in [-0.4, -0.2) is 44.0 Å². The minimum absolute atomic E-state index is 0.0351. The molecule has 3 aromatic carbocycles. The van der Waals surface area contributed by atoms with E-state index in [2.05, 4.69) is 15.6 Å². The predicted octanol–water partition coefficient (Wildman–Crippen LogP) is 4.19. The molecule has 1 amide bonds. The Bertz CT molecular complexity index is 1520. The van der Waals surface area contributed by atoms with Gasteiger partial charge in [-0.25, -0.2) is 18.5 Å². The monoisotopic (exact) mass is 537 g/mol. The van der Waals surface area contributed by atoms with Crippen molar-refractivity contribution in [3.63, 3.8) is 0 Å². The van der Waals surface area contributed by atoms with Crippen molar-refractivity contribution in [2.45, 2.75) is 11.8 Å². The van der Waals surface area contributed by atoms with Gasteiger partial charge in [-0.2, -0.15) is 10.2 Å². The normalized spacial score (nSPS) is 11.4. The second-order valence-electron chi connectivity index (χ2n) is 7.83. The standard InChI is InChI=1S/C26H24ClN5O4S/c1-19-22(26(27)30-32(19)20-11-5-3-6-12-20)17-28-29-25(33)18-31(23-15-9-10-16-24(23)36-2)37(34,35)21-13-7-4-8-14-21/h3-17H,18H2,1-2H3,(H,29,33)/b28-17-. The van der Waals surface area contributed by atoms with Gasteiger partial charge in [0, 0.05) is 0 Å². The van der Waals surface area contributed by atoms with Crippen molar-refractivity contribution in [1.29, 1.82) is 0 Å². The van der Waals surface area contributed by atoms with Crippen LogP contribution in [0, 0.1) is 6.92 Å². The summed E-state index contributed by atoms with van der Waals surface area (Å²) in [6, 6.07) is 23.9. The van der Waals surface area contributed by atoms with Crippen LogP contribution in [0.3, 0.4) is 0 Å². The highest BCUT2D eigenvalue weighted by molar-refractivity contribution is 7.92. The van der Waals surface area contributed by atoms with Crippen molar-refractivity contribution < 1.29 is 17.9 Å². The first-order chi connectivity index (χ1) is 17.8. The smallest absolute Gasteiger partial charge is 0.264 e. The Kier molecular flexibility index (Phi) is 7.90. The van der Waals surface area contributed by atoms with Crippen LogP contribution >= 0.6 is 11.6 Å². The Morgan fingerprint density at radius 2 is 1.68 bits per heavy atom. The number of aromatic nitrogens is 2. The van der Waals surface area contributed by atoms with Gasteiger partial charge in [-0.1, -0.05) is 60.1 Å². The van der Waals surface area contributed by atoms with E-state index in [9.17, 15) is 13.2 Å². The Morgan fingerprint density at radius 3 is 2.35 bits per heavy atom. The van der Waals surface area contributed by atoms with E-state index in [1.807, 2.05) is 37.3 Å². The summed E-state index contributed by atoms with van der Waals surface area (Å²) >= 11 is 6.30. The van der Waals surface area contributed by atoms with Crippen LogP contribution in [-0.2, 0) is 14.8 Å². The number of hydrogen-bond acceptors (Lipinski definition) is 6. The number of nitrogens with one attached hydrogen (secondary N) is 1. The molecule has 37 heavy (non-hydrogen) atoms. The topological polar surface area (TPSA) is 106 Å². The molecule has 190 valence electrons. The molecule has 0 saturated heterocycles. The molecule has 0 aliphatic carbocycles. The van der Waals surface area contributed by atoms with Crippen LogP contribution in [0.4, 0.5) is 5.69 Å². The summed E-state index contributed by atoms with van der Waals surface area (Å²) < 4.78 is 35.0. The zero-order valence-electron chi connectivity index (χ0n) is 20.1. The van der Waals surface area contributed by atoms with E-state index in [0.717, 1.165) is 15.7 Å². The molecule has 0 radical (unpaired) electrons. The summed E-state index contributed by atoms with van der Waals surface area (Å²) in [6.45, 7) is 1.29. The Hall–Kier alpha value is -4.15. The first kappa shape index (κ1) is 25.9. The molecule has 0 aliphatic heterocycles. The number of sulfonamides is 1. The highest BCUT2D eigenvalue weighted by atomic mass is 35.5. The van der Waals surface area contributed by atoms with E-state index in [1.54, 1.807) is 47.1 Å². The summed E-state index contributed by atoms with van der Waals surface area (Å²) in [4.78, 5) is 12.9. The maximum absolute atomic E-state index is 13.5. The number of hydrogen-bond donors (Lipinski definition) is 1. The van der Waals surface area contributed by atoms with E-state index >= 15 is 0 Å². The second-order valence-corrected chi connectivity index (χ2v) is 10.0. The van der Waals surface area contributed by atoms with Crippen LogP contribution in [0.2, 0.25) is 5.15 Å². The minimum Gasteiger partial charge on any atom is -0.495 e. The molecule has 0 unspecified atom stereocenters. The fourth-order valence-electron chi connectivity index (χ4n) is 3.64. The fourth-order valence-corrected chi connectivity index (χ4v) is 5.35. The Morgan fingerprint density at radius 1 is 1.05 bits per heavy atom. The largest absolute Gasteiger partial charge is 0.495 e. The van der Waals surface area contributed by atoms with Crippen LogP contribution in [0.15, 0.2) is 94.9 Å². The quantitative estimate of drug-likeness (QED) is 0.254. The molecule has 1 N–H and O–H groups in total. The molecule has 1 aromatic heterocycles. The lowest BCUT2D eigenvalue weighted by atomic mass is 10.2. The van der Waals surface area contributed by atoms with Gasteiger partial charge in [-0.3, -0.25) is 9.10 Å². The van der Waals surface area contributed by atoms with Crippen LogP contribution < -0.4 is 14.5 Å². The van der Waals surface area contributed by atoms with Crippen molar-refractivity contribution in [3.05, 3.63) is 101 Å². The third-order valence-electron chi connectivity index (χ3n) is 5.47. The molecule has 0 fully saturated rings. The average molecular weight is 538 g/mol. The number of amides is 1. The number of methoxy groups -OCH3 is 1. The molecule has 11 heteroatoms. The number of carbonyl (C=O) groups excluding carboxylic acids is 1. The second kappa shape index (κ2) is 11.3. The number of ether oxygens (including phenoxy) is 1. The summed E-state index contributed by atoms with van der Waals surface area (Å²) in [5.74, 6) is -0.361. The van der Waals surface area contributed by atoms with E-state index < -0.39 is 22.5 Å². The van der Waals surface area contributed by atoms with Crippen LogP contribution in [0.25, 0.3) is 5.69 Å². The Labute approximate surface area is 220 Å². The third kappa shape index (κ3) is 5.65. The third-order valence-corrected chi connectivity index (χ3v) is 7.53. The summed E-state index contributed by atoms with van der Waals surface area (Å²) in [6.07, 6.45) is 1.38. The van der Waals surface area contributed by atoms with E-state index in [-0.39, 0.29) is 15.7 Å². The van der Waals surface area contributed by atoms with Gasteiger partial charge < -0.3 is 4.74 Å². The summed E-state index contributed by atoms with van der Waals surface area (Å²) in [7, 11) is -2.66. The maximum atomic E-state index is 13.5. The Balaban J connectivity index is 1.58. The molecule has 0 spiro atoms. The fraction of sp³-hybridized carbons (Fsp3) is 0.115. The van der Waals surface area contributed by atoms with Crippen LogP contribution in [0.5, 0.6) is 5.75 Å². The number of nitrogens with zero attached hydrogens (tertiary/aromatic N) is 4. The van der Waals surface area contributed by atoms with Crippen molar-refractivity contribution >= 4 is 39.4 Å². The number of hydrazone groups is 1. The van der Waals surface area contributed by atoms with Gasteiger partial charge in [0.15, 0.2) is 5.15 Å². The number of rotatable bonds is 9. The number of halogens is 1. The van der Waals surface area contributed by atoms with E-state index in [0.29, 0.717) is 11.3 Å². The highest BCUT2D eigenvalue weighted by Gasteiger charge is 2.29. The van der Waals surface area contributed by atoms with Gasteiger partial charge in [-0.05, 0) is 43.3 Å². The molecule has 0 saturated carbocycles. The number of carbonyl (C=O) groups is 1. The lowest BCUT2D eigenvalue weighted by Gasteiger charge is -2.25. The minimum atomic E-state index is -4.09. The predicted molar refractivity (Wildman–Crippen MR) is 143 cm³/mol. The van der Waals surface area contributed by atoms with Gasteiger partial charge in [0.1, 0.15) is 12.3 Å². The van der Waals surface area contributed by atoms with Crippen molar-refractivity contribution in [2.24, 2.45) is 5.10 Å². The SMILES string of the molecule is COc1ccccc1N(CC(=O)N/N=C\c1c(Cl)nn(-c2ccccc2)c1C)S(=O)(=O)c1ccccc1. The summed E-state index contributed by atoms with van der Waals surface area (Å²) in [5.41, 5.74) is 4.66. The van der Waals surface area contributed by atoms with Gasteiger partial charge >= 0.3 is 0 Å². The summed E-state index contributed by atoms with van der Waals surface area (Å²) in [5, 5.41) is 8.54. The zero-order chi connectivity index (χ0) is 26.4. The molecule has 9 nitrogen and oxygen atoms in total. The lowest BCUT2D eigenvalue weighted by molar-refractivity contribution is -0.119. The number of para-hydroxylation sites is 3. The lowest BCUT2D eigenvalue weighted by Crippen LogP contribution is -2.39. The molecule has 1 heterocycles. The molecule has 0 atom stereocenters. The van der Waals surface area contributed by atoms with Gasteiger partial charge in [0.05, 0.1) is 40.9 Å². The zero-order valence-corrected chi connectivity index (χ0v) is 21.6. The molecule has 4 aromatic rings.